The molecule has 1 saturated heterocycles. The molecule has 2 aromatic rings. The van der Waals surface area contributed by atoms with Gasteiger partial charge in [-0.1, -0.05) is 19.1 Å². The monoisotopic (exact) mass is 375 g/mol. The van der Waals surface area contributed by atoms with E-state index in [2.05, 4.69) is 17.2 Å². The molecule has 4 nitrogen and oxygen atoms in total. The molecule has 3 rings (SSSR count). The summed E-state index contributed by atoms with van der Waals surface area (Å²) in [6.07, 6.45) is 3.59. The van der Waals surface area contributed by atoms with Gasteiger partial charge in [-0.3, -0.25) is 4.79 Å². The lowest BCUT2D eigenvalue weighted by Crippen LogP contribution is -2.46. The Labute approximate surface area is 158 Å². The van der Waals surface area contributed by atoms with E-state index in [4.69, 9.17) is 0 Å². The maximum atomic E-state index is 13.2. The van der Waals surface area contributed by atoms with Gasteiger partial charge in [0, 0.05) is 19.0 Å². The van der Waals surface area contributed by atoms with Gasteiger partial charge in [-0.25, -0.2) is 9.37 Å². The number of hydrogen-bond donors (Lipinski definition) is 1. The predicted octanol–water partition coefficient (Wildman–Crippen LogP) is 3.79. The molecule has 0 atom stereocenters. The van der Waals surface area contributed by atoms with E-state index in [0.717, 1.165) is 60.0 Å². The summed E-state index contributed by atoms with van der Waals surface area (Å²) in [5.41, 5.74) is 1.80. The lowest BCUT2D eigenvalue weighted by atomic mass is 10.0. The first-order valence-electron chi connectivity index (χ1n) is 9.31. The Bertz CT molecular complexity index is 738. The van der Waals surface area contributed by atoms with Crippen LogP contribution in [-0.2, 0) is 6.42 Å². The van der Waals surface area contributed by atoms with E-state index in [1.165, 1.54) is 23.5 Å². The molecule has 0 spiro atoms. The van der Waals surface area contributed by atoms with Crippen molar-refractivity contribution in [2.45, 2.75) is 45.6 Å². The minimum atomic E-state index is -0.239. The largest absolute Gasteiger partial charge is 0.335 e. The molecule has 0 saturated carbocycles. The number of carbonyl (C=O) groups is 1. The van der Waals surface area contributed by atoms with Crippen LogP contribution in [0.15, 0.2) is 24.3 Å². The number of aryl methyl sites for hydroxylation is 1. The Kier molecular flexibility index (Phi) is 6.38. The maximum absolute atomic E-state index is 13.2. The summed E-state index contributed by atoms with van der Waals surface area (Å²) < 4.78 is 13.1. The Morgan fingerprint density at radius 3 is 2.65 bits per heavy atom. The maximum Gasteiger partial charge on any atom is 0.266 e. The topological polar surface area (TPSA) is 45.2 Å². The first-order valence-corrected chi connectivity index (χ1v) is 10.1. The van der Waals surface area contributed by atoms with Gasteiger partial charge < -0.3 is 10.2 Å². The van der Waals surface area contributed by atoms with Gasteiger partial charge in [-0.05, 0) is 57.0 Å². The first-order chi connectivity index (χ1) is 12.6. The summed E-state index contributed by atoms with van der Waals surface area (Å²) in [6.45, 7) is 6.74. The second-order valence-electron chi connectivity index (χ2n) is 6.81. The van der Waals surface area contributed by atoms with Gasteiger partial charge >= 0.3 is 0 Å². The van der Waals surface area contributed by atoms with Crippen molar-refractivity contribution in [2.24, 2.45) is 0 Å². The van der Waals surface area contributed by atoms with Gasteiger partial charge in [0.2, 0.25) is 0 Å². The van der Waals surface area contributed by atoms with Crippen LogP contribution in [0.25, 0.3) is 0 Å². The van der Waals surface area contributed by atoms with Gasteiger partial charge in [0.15, 0.2) is 0 Å². The highest BCUT2D eigenvalue weighted by atomic mass is 32.1. The highest BCUT2D eigenvalue weighted by Gasteiger charge is 2.28. The Hall–Kier alpha value is -1.79. The third-order valence-electron chi connectivity index (χ3n) is 4.78. The zero-order valence-corrected chi connectivity index (χ0v) is 16.2. The number of benzene rings is 1. The number of carbonyl (C=O) groups excluding carboxylic acids is 1. The zero-order valence-electron chi connectivity index (χ0n) is 15.4. The molecule has 1 amide bonds. The van der Waals surface area contributed by atoms with E-state index in [1.807, 2.05) is 11.8 Å². The van der Waals surface area contributed by atoms with Gasteiger partial charge in [0.25, 0.3) is 5.91 Å². The molecule has 6 heteroatoms. The molecule has 1 fully saturated rings. The number of nitrogens with one attached hydrogen (secondary N) is 1. The zero-order chi connectivity index (χ0) is 18.5. The van der Waals surface area contributed by atoms with Crippen molar-refractivity contribution in [2.75, 3.05) is 19.6 Å². The molecule has 1 aliphatic heterocycles. The summed E-state index contributed by atoms with van der Waals surface area (Å²) in [5, 5.41) is 4.26. The Balaban J connectivity index is 1.77. The third-order valence-corrected chi connectivity index (χ3v) is 5.92. The van der Waals surface area contributed by atoms with E-state index >= 15 is 0 Å². The molecule has 0 radical (unpaired) electrons. The van der Waals surface area contributed by atoms with Crippen LogP contribution in [0.5, 0.6) is 0 Å². The van der Waals surface area contributed by atoms with Crippen molar-refractivity contribution >= 4 is 17.2 Å². The third kappa shape index (κ3) is 4.48. The molecule has 1 aliphatic rings. The summed E-state index contributed by atoms with van der Waals surface area (Å²) >= 11 is 1.47. The molecule has 1 N–H and O–H groups in total. The van der Waals surface area contributed by atoms with Crippen molar-refractivity contribution in [3.05, 3.63) is 51.2 Å². The average molecular weight is 376 g/mol. The quantitative estimate of drug-likeness (QED) is 0.836. The second-order valence-corrected chi connectivity index (χ2v) is 7.89. The van der Waals surface area contributed by atoms with E-state index < -0.39 is 0 Å². The summed E-state index contributed by atoms with van der Waals surface area (Å²) in [5.74, 6) is -0.128. The van der Waals surface area contributed by atoms with Gasteiger partial charge in [-0.2, -0.15) is 0 Å². The SMILES string of the molecule is CCCN(C(=O)c1sc(Cc2ccc(F)cc2)nc1C)C1CCNCC1. The first kappa shape index (κ1) is 19.0. The molecule has 1 aromatic heterocycles. The van der Waals surface area contributed by atoms with Crippen molar-refractivity contribution in [1.29, 1.82) is 0 Å². The summed E-state index contributed by atoms with van der Waals surface area (Å²) in [6, 6.07) is 6.77. The Morgan fingerprint density at radius 2 is 2.00 bits per heavy atom. The fourth-order valence-electron chi connectivity index (χ4n) is 3.44. The lowest BCUT2D eigenvalue weighted by Gasteiger charge is -2.34. The number of thiazole rings is 1. The molecule has 26 heavy (non-hydrogen) atoms. The van der Waals surface area contributed by atoms with Crippen LogP contribution < -0.4 is 5.32 Å². The normalized spacial score (nSPS) is 15.2. The van der Waals surface area contributed by atoms with Crippen LogP contribution >= 0.6 is 11.3 Å². The molecule has 0 bridgehead atoms. The fraction of sp³-hybridized carbons (Fsp3) is 0.500. The fourth-order valence-corrected chi connectivity index (χ4v) is 4.50. The number of piperidine rings is 1. The van der Waals surface area contributed by atoms with E-state index in [-0.39, 0.29) is 11.7 Å². The molecular formula is C20H26FN3OS. The number of halogens is 1. The number of aromatic nitrogens is 1. The van der Waals surface area contributed by atoms with Crippen LogP contribution in [0.4, 0.5) is 4.39 Å². The van der Waals surface area contributed by atoms with Crippen LogP contribution in [0, 0.1) is 12.7 Å². The average Bonchev–Trinajstić information content (AvgIpc) is 3.02. The van der Waals surface area contributed by atoms with E-state index in [1.54, 1.807) is 12.1 Å². The smallest absolute Gasteiger partial charge is 0.266 e. The van der Waals surface area contributed by atoms with Crippen molar-refractivity contribution in [1.82, 2.24) is 15.2 Å². The number of nitrogens with zero attached hydrogens (tertiary/aromatic N) is 2. The molecule has 0 unspecified atom stereocenters. The molecule has 1 aromatic carbocycles. The summed E-state index contributed by atoms with van der Waals surface area (Å²) in [7, 11) is 0. The van der Waals surface area contributed by atoms with Crippen molar-refractivity contribution in [3.8, 4) is 0 Å². The van der Waals surface area contributed by atoms with Gasteiger partial charge in [-0.15, -0.1) is 11.3 Å². The standard InChI is InChI=1S/C20H26FN3OS/c1-3-12-24(17-8-10-22-11-9-17)20(25)19-14(2)23-18(26-19)13-15-4-6-16(21)7-5-15/h4-7,17,22H,3,8-13H2,1-2H3. The minimum Gasteiger partial charge on any atom is -0.335 e. The summed E-state index contributed by atoms with van der Waals surface area (Å²) in [4.78, 5) is 20.6. The highest BCUT2D eigenvalue weighted by molar-refractivity contribution is 7.13. The number of amides is 1. The molecule has 0 aliphatic carbocycles. The van der Waals surface area contributed by atoms with Crippen molar-refractivity contribution < 1.29 is 9.18 Å². The van der Waals surface area contributed by atoms with Crippen molar-refractivity contribution in [3.63, 3.8) is 0 Å². The minimum absolute atomic E-state index is 0.110. The lowest BCUT2D eigenvalue weighted by molar-refractivity contribution is 0.0646. The van der Waals surface area contributed by atoms with Gasteiger partial charge in [0.05, 0.1) is 10.7 Å². The predicted molar refractivity (Wildman–Crippen MR) is 103 cm³/mol. The van der Waals surface area contributed by atoms with Crippen LogP contribution in [0.3, 0.4) is 0 Å². The molecule has 2 heterocycles. The number of hydrogen-bond acceptors (Lipinski definition) is 4. The van der Waals surface area contributed by atoms with E-state index in [9.17, 15) is 9.18 Å². The molecule has 140 valence electrons. The van der Waals surface area contributed by atoms with Crippen LogP contribution in [-0.4, -0.2) is 41.5 Å². The Morgan fingerprint density at radius 1 is 1.31 bits per heavy atom. The van der Waals surface area contributed by atoms with Gasteiger partial charge in [0.1, 0.15) is 10.7 Å². The molecular weight excluding hydrogens is 349 g/mol. The van der Waals surface area contributed by atoms with Crippen LogP contribution in [0.1, 0.15) is 52.1 Å². The highest BCUT2D eigenvalue weighted by Crippen LogP contribution is 2.25. The van der Waals surface area contributed by atoms with E-state index in [0.29, 0.717) is 12.5 Å². The van der Waals surface area contributed by atoms with Crippen LogP contribution in [0.2, 0.25) is 0 Å². The number of rotatable bonds is 6. The second kappa shape index (κ2) is 8.73.